The van der Waals surface area contributed by atoms with Gasteiger partial charge in [0.15, 0.2) is 5.69 Å². The van der Waals surface area contributed by atoms with Gasteiger partial charge in [-0.1, -0.05) is 0 Å². The van der Waals surface area contributed by atoms with Gasteiger partial charge in [-0.25, -0.2) is 4.98 Å². The first-order chi connectivity index (χ1) is 17.9. The third-order valence-corrected chi connectivity index (χ3v) is 6.24. The summed E-state index contributed by atoms with van der Waals surface area (Å²) in [7, 11) is 1.59. The van der Waals surface area contributed by atoms with Crippen LogP contribution in [0.4, 0.5) is 17.1 Å². The molecule has 3 aromatic carbocycles. The van der Waals surface area contributed by atoms with Gasteiger partial charge in [-0.05, 0) is 60.7 Å². The van der Waals surface area contributed by atoms with Gasteiger partial charge in [0.1, 0.15) is 11.5 Å². The van der Waals surface area contributed by atoms with Crippen LogP contribution >= 0.6 is 11.3 Å². The predicted molar refractivity (Wildman–Crippen MR) is 138 cm³/mol. The third-order valence-electron chi connectivity index (χ3n) is 5.42. The van der Waals surface area contributed by atoms with Gasteiger partial charge in [0.05, 0.1) is 29.1 Å². The lowest BCUT2D eigenvalue weighted by Crippen LogP contribution is -2.13. The van der Waals surface area contributed by atoms with Gasteiger partial charge in [-0.15, -0.1) is 16.5 Å². The summed E-state index contributed by atoms with van der Waals surface area (Å²) in [6.07, 6.45) is 0. The van der Waals surface area contributed by atoms with E-state index >= 15 is 0 Å². The second kappa shape index (κ2) is 9.87. The van der Waals surface area contributed by atoms with Crippen molar-refractivity contribution < 1.29 is 14.8 Å². The summed E-state index contributed by atoms with van der Waals surface area (Å²) >= 11 is 1.26. The molecule has 0 aliphatic heterocycles. The molecule has 0 bridgehead atoms. The Bertz CT molecular complexity index is 1650. The Kier molecular flexibility index (Phi) is 6.31. The van der Waals surface area contributed by atoms with Crippen molar-refractivity contribution in [2.45, 2.75) is 0 Å². The van der Waals surface area contributed by atoms with Crippen molar-refractivity contribution in [2.75, 3.05) is 7.11 Å². The van der Waals surface area contributed by atoms with E-state index in [1.165, 1.54) is 52.4 Å². The molecule has 2 heterocycles. The van der Waals surface area contributed by atoms with Crippen LogP contribution in [0.3, 0.4) is 0 Å². The van der Waals surface area contributed by atoms with E-state index in [0.29, 0.717) is 27.8 Å². The number of aromatic nitrogens is 3. The lowest BCUT2D eigenvalue weighted by molar-refractivity contribution is -0.384. The molecular weight excluding hydrogens is 496 g/mol. The molecule has 0 saturated carbocycles. The minimum Gasteiger partial charge on any atom is -0.508 e. The number of nitrogens with one attached hydrogen (secondary N) is 1. The summed E-state index contributed by atoms with van der Waals surface area (Å²) in [5.41, 5.74) is 2.21. The van der Waals surface area contributed by atoms with Crippen LogP contribution in [0.25, 0.3) is 27.6 Å². The molecule has 0 atom stereocenters. The van der Waals surface area contributed by atoms with Crippen LogP contribution in [-0.4, -0.2) is 31.9 Å². The number of aromatic hydroxyl groups is 1. The van der Waals surface area contributed by atoms with E-state index < -0.39 is 10.5 Å². The minimum absolute atomic E-state index is 0.00289. The Balaban J connectivity index is 1.58. The maximum absolute atomic E-state index is 13.4. The van der Waals surface area contributed by atoms with Crippen LogP contribution in [-0.2, 0) is 0 Å². The first-order valence-electron chi connectivity index (χ1n) is 10.8. The van der Waals surface area contributed by atoms with E-state index in [4.69, 9.17) is 4.74 Å². The molecule has 37 heavy (non-hydrogen) atoms. The molecule has 2 N–H and O–H groups in total. The lowest BCUT2D eigenvalue weighted by atomic mass is 10.1. The van der Waals surface area contributed by atoms with Gasteiger partial charge in [0.25, 0.3) is 5.69 Å². The number of non-ortho nitro benzene ring substituents is 1. The summed E-state index contributed by atoms with van der Waals surface area (Å²) in [6.45, 7) is 0. The number of azo groups is 1. The summed E-state index contributed by atoms with van der Waals surface area (Å²) in [5.74, 6) is 0.794. The molecule has 5 rings (SSSR count). The second-order valence-electron chi connectivity index (χ2n) is 7.74. The van der Waals surface area contributed by atoms with E-state index in [1.807, 2.05) is 29.6 Å². The molecule has 0 aliphatic rings. The van der Waals surface area contributed by atoms with Gasteiger partial charge in [-0.2, -0.15) is 9.80 Å². The Morgan fingerprint density at radius 3 is 2.32 bits per heavy atom. The number of hydrogen-bond acceptors (Lipinski definition) is 9. The highest BCUT2D eigenvalue weighted by molar-refractivity contribution is 7.12. The summed E-state index contributed by atoms with van der Waals surface area (Å²) in [6, 6.07) is 19.1. The SMILES string of the molecule is COc1ccc(-c2csc(-n3[nH]c(-c4ccc([N+](=O)[O-])cc4)c(N=Nc4ccc(O)cc4)c3=O)n2)cc1. The molecule has 0 unspecified atom stereocenters. The summed E-state index contributed by atoms with van der Waals surface area (Å²) in [5, 5.41) is 34.1. The predicted octanol–water partition coefficient (Wildman–Crippen LogP) is 5.99. The number of hydrogen-bond donors (Lipinski definition) is 2. The molecule has 12 heteroatoms. The van der Waals surface area contributed by atoms with Crippen molar-refractivity contribution >= 4 is 28.4 Å². The van der Waals surface area contributed by atoms with Gasteiger partial charge >= 0.3 is 5.56 Å². The minimum atomic E-state index is -0.501. The van der Waals surface area contributed by atoms with Crippen LogP contribution in [0.5, 0.6) is 11.5 Å². The molecule has 11 nitrogen and oxygen atoms in total. The summed E-state index contributed by atoms with van der Waals surface area (Å²) < 4.78 is 6.46. The van der Waals surface area contributed by atoms with Crippen molar-refractivity contribution in [3.63, 3.8) is 0 Å². The number of nitro benzene ring substituents is 1. The third kappa shape index (κ3) is 4.86. The van der Waals surface area contributed by atoms with Crippen LogP contribution in [0.15, 0.2) is 93.2 Å². The molecule has 0 radical (unpaired) electrons. The Morgan fingerprint density at radius 1 is 1.00 bits per heavy atom. The zero-order valence-electron chi connectivity index (χ0n) is 19.2. The number of phenolic OH excluding ortho intramolecular Hbond substituents is 1. The molecule has 2 aromatic heterocycles. The molecule has 5 aromatic rings. The van der Waals surface area contributed by atoms with Gasteiger partial charge in [0, 0.05) is 28.6 Å². The van der Waals surface area contributed by atoms with Crippen LogP contribution in [0.2, 0.25) is 0 Å². The number of nitro groups is 1. The van der Waals surface area contributed by atoms with Crippen molar-refractivity contribution in [1.29, 1.82) is 0 Å². The highest BCUT2D eigenvalue weighted by Gasteiger charge is 2.20. The average molecular weight is 515 g/mol. The number of methoxy groups -OCH3 is 1. The average Bonchev–Trinajstić information content (AvgIpc) is 3.53. The van der Waals surface area contributed by atoms with E-state index in [-0.39, 0.29) is 17.1 Å². The topological polar surface area (TPSA) is 148 Å². The number of aromatic amines is 1. The number of rotatable bonds is 7. The fraction of sp³-hybridized carbons (Fsp3) is 0.0400. The normalized spacial score (nSPS) is 11.2. The van der Waals surface area contributed by atoms with Crippen LogP contribution < -0.4 is 10.3 Å². The number of benzene rings is 3. The monoisotopic (exact) mass is 514 g/mol. The molecule has 0 spiro atoms. The second-order valence-corrected chi connectivity index (χ2v) is 8.58. The lowest BCUT2D eigenvalue weighted by Gasteiger charge is -2.01. The maximum Gasteiger partial charge on any atom is 0.301 e. The number of thiazole rings is 1. The zero-order valence-corrected chi connectivity index (χ0v) is 20.0. The highest BCUT2D eigenvalue weighted by atomic mass is 32.1. The fourth-order valence-electron chi connectivity index (χ4n) is 3.50. The number of nitrogens with zero attached hydrogens (tertiary/aromatic N) is 5. The summed E-state index contributed by atoms with van der Waals surface area (Å²) in [4.78, 5) is 28.6. The smallest absolute Gasteiger partial charge is 0.301 e. The molecular formula is C25H18N6O5S. The van der Waals surface area contributed by atoms with Gasteiger partial charge in [-0.3, -0.25) is 20.0 Å². The molecule has 0 aliphatic carbocycles. The number of phenols is 1. The molecule has 184 valence electrons. The van der Waals surface area contributed by atoms with Crippen LogP contribution in [0, 0.1) is 10.1 Å². The Labute approximate surface area is 213 Å². The number of H-pyrrole nitrogens is 1. The Morgan fingerprint density at radius 2 is 1.68 bits per heavy atom. The quantitative estimate of drug-likeness (QED) is 0.155. The zero-order chi connectivity index (χ0) is 25.9. The van der Waals surface area contributed by atoms with E-state index in [0.717, 1.165) is 11.3 Å². The maximum atomic E-state index is 13.4. The van der Waals surface area contributed by atoms with Crippen molar-refractivity contribution in [3.05, 3.63) is 98.6 Å². The standard InChI is InChI=1S/C25H18N6O5S/c1-36-20-12-4-15(5-13-20)21-14-37-25(26-21)30-24(33)23(28-27-17-6-10-19(32)11-7-17)22(29-30)16-2-8-18(9-3-16)31(34)35/h2-14,29,32H,1H3. The van der Waals surface area contributed by atoms with E-state index in [1.54, 1.807) is 19.2 Å². The van der Waals surface area contributed by atoms with E-state index in [9.17, 15) is 20.0 Å². The largest absolute Gasteiger partial charge is 0.508 e. The van der Waals surface area contributed by atoms with Crippen molar-refractivity contribution in [2.24, 2.45) is 10.2 Å². The molecule has 0 saturated heterocycles. The number of ether oxygens (including phenoxy) is 1. The van der Waals surface area contributed by atoms with Gasteiger partial charge < -0.3 is 9.84 Å². The highest BCUT2D eigenvalue weighted by Crippen LogP contribution is 2.31. The van der Waals surface area contributed by atoms with Crippen LogP contribution in [0.1, 0.15) is 0 Å². The van der Waals surface area contributed by atoms with Gasteiger partial charge in [0.2, 0.25) is 5.13 Å². The van der Waals surface area contributed by atoms with Crippen molar-refractivity contribution in [1.82, 2.24) is 14.8 Å². The molecule has 0 amide bonds. The fourth-order valence-corrected chi connectivity index (χ4v) is 4.29. The van der Waals surface area contributed by atoms with E-state index in [2.05, 4.69) is 20.3 Å². The van der Waals surface area contributed by atoms with Crippen molar-refractivity contribution in [3.8, 4) is 39.1 Å². The first-order valence-corrected chi connectivity index (χ1v) is 11.7. The Hall–Kier alpha value is -5.10. The first kappa shape index (κ1) is 23.6. The molecule has 0 fully saturated rings.